The van der Waals surface area contributed by atoms with E-state index in [-0.39, 0.29) is 11.3 Å². The zero-order chi connectivity index (χ0) is 18.7. The van der Waals surface area contributed by atoms with Gasteiger partial charge in [-0.3, -0.25) is 14.7 Å². The van der Waals surface area contributed by atoms with Gasteiger partial charge in [-0.2, -0.15) is 0 Å². The minimum absolute atomic E-state index is 0.121. The molecule has 0 unspecified atom stereocenters. The van der Waals surface area contributed by atoms with Gasteiger partial charge in [-0.15, -0.1) is 0 Å². The van der Waals surface area contributed by atoms with E-state index < -0.39 is 0 Å². The second-order valence-corrected chi connectivity index (χ2v) is 7.88. The van der Waals surface area contributed by atoms with Crippen LogP contribution in [-0.2, 0) is 6.54 Å². The number of hydrogen-bond donors (Lipinski definition) is 0. The van der Waals surface area contributed by atoms with E-state index in [2.05, 4.69) is 22.0 Å². The molecule has 0 aliphatic carbocycles. The zero-order valence-corrected chi connectivity index (χ0v) is 15.9. The van der Waals surface area contributed by atoms with Crippen LogP contribution in [0.25, 0.3) is 0 Å². The molecule has 1 spiro atoms. The highest BCUT2D eigenvalue weighted by Crippen LogP contribution is 2.39. The number of nitrogens with zero attached hydrogens (tertiary/aromatic N) is 3. The van der Waals surface area contributed by atoms with Crippen molar-refractivity contribution in [2.45, 2.75) is 25.8 Å². The lowest BCUT2D eigenvalue weighted by molar-refractivity contribution is 0.0526. The van der Waals surface area contributed by atoms with Crippen LogP contribution < -0.4 is 4.74 Å². The van der Waals surface area contributed by atoms with Gasteiger partial charge in [0.05, 0.1) is 12.7 Å². The second-order valence-electron chi connectivity index (χ2n) is 7.88. The number of benzene rings is 1. The molecule has 0 saturated carbocycles. The SMILES string of the molecule is COc1ccc(CN2CC[C@]3(CCCN(C(=O)c4cccnc4)C3)C2)cc1. The van der Waals surface area contributed by atoms with Crippen molar-refractivity contribution in [2.75, 3.05) is 33.3 Å². The molecule has 0 N–H and O–H groups in total. The first-order chi connectivity index (χ1) is 13.2. The van der Waals surface area contributed by atoms with Crippen molar-refractivity contribution >= 4 is 5.91 Å². The summed E-state index contributed by atoms with van der Waals surface area (Å²) in [6.45, 7) is 4.84. The fraction of sp³-hybridized carbons (Fsp3) is 0.455. The summed E-state index contributed by atoms with van der Waals surface area (Å²) in [4.78, 5) is 21.5. The van der Waals surface area contributed by atoms with Gasteiger partial charge in [-0.1, -0.05) is 12.1 Å². The van der Waals surface area contributed by atoms with E-state index in [1.54, 1.807) is 19.5 Å². The Bertz CT molecular complexity index is 778. The number of ether oxygens (including phenoxy) is 1. The van der Waals surface area contributed by atoms with Gasteiger partial charge in [0.25, 0.3) is 5.91 Å². The molecule has 5 heteroatoms. The number of methoxy groups -OCH3 is 1. The Labute approximate surface area is 161 Å². The topological polar surface area (TPSA) is 45.7 Å². The zero-order valence-electron chi connectivity index (χ0n) is 15.9. The normalized spacial score (nSPS) is 22.9. The number of amides is 1. The van der Waals surface area contributed by atoms with Crippen LogP contribution in [0.2, 0.25) is 0 Å². The van der Waals surface area contributed by atoms with E-state index in [0.29, 0.717) is 5.56 Å². The second kappa shape index (κ2) is 7.69. The van der Waals surface area contributed by atoms with Crippen molar-refractivity contribution in [3.8, 4) is 5.75 Å². The van der Waals surface area contributed by atoms with Crippen molar-refractivity contribution in [3.63, 3.8) is 0 Å². The summed E-state index contributed by atoms with van der Waals surface area (Å²) in [7, 11) is 1.70. The number of pyridine rings is 1. The van der Waals surface area contributed by atoms with Crippen LogP contribution in [0.1, 0.15) is 35.2 Å². The predicted octanol–water partition coefficient (Wildman–Crippen LogP) is 3.22. The number of carbonyl (C=O) groups excluding carboxylic acids is 1. The summed E-state index contributed by atoms with van der Waals surface area (Å²) in [6, 6.07) is 12.0. The summed E-state index contributed by atoms with van der Waals surface area (Å²) >= 11 is 0. The molecule has 0 bridgehead atoms. The number of rotatable bonds is 4. The summed E-state index contributed by atoms with van der Waals surface area (Å²) in [5.74, 6) is 1.02. The molecular formula is C22H27N3O2. The summed E-state index contributed by atoms with van der Waals surface area (Å²) in [5, 5.41) is 0. The standard InChI is InChI=1S/C22H27N3O2/c1-27-20-7-5-18(6-8-20)15-24-13-10-22(16-24)9-3-12-25(17-22)21(26)19-4-2-11-23-14-19/h2,4-8,11,14H,3,9-10,12-13,15-17H2,1H3/t22-/m1/s1. The van der Waals surface area contributed by atoms with Gasteiger partial charge in [0.15, 0.2) is 0 Å². The van der Waals surface area contributed by atoms with Crippen LogP contribution >= 0.6 is 0 Å². The average molecular weight is 365 g/mol. The summed E-state index contributed by atoms with van der Waals surface area (Å²) < 4.78 is 5.24. The van der Waals surface area contributed by atoms with E-state index in [9.17, 15) is 4.79 Å². The van der Waals surface area contributed by atoms with Gasteiger partial charge < -0.3 is 9.64 Å². The Hall–Kier alpha value is -2.40. The van der Waals surface area contributed by atoms with Crippen molar-refractivity contribution in [1.29, 1.82) is 0 Å². The maximum Gasteiger partial charge on any atom is 0.255 e. The van der Waals surface area contributed by atoms with Gasteiger partial charge in [-0.05, 0) is 55.6 Å². The first kappa shape index (κ1) is 18.0. The van der Waals surface area contributed by atoms with E-state index in [1.165, 1.54) is 18.4 Å². The van der Waals surface area contributed by atoms with E-state index in [4.69, 9.17) is 4.74 Å². The van der Waals surface area contributed by atoms with Crippen LogP contribution in [0.4, 0.5) is 0 Å². The number of hydrogen-bond acceptors (Lipinski definition) is 4. The molecule has 3 heterocycles. The molecule has 1 aromatic carbocycles. The Morgan fingerprint density at radius 3 is 2.74 bits per heavy atom. The third kappa shape index (κ3) is 3.98. The van der Waals surface area contributed by atoms with E-state index in [1.807, 2.05) is 29.2 Å². The third-order valence-corrected chi connectivity index (χ3v) is 5.94. The quantitative estimate of drug-likeness (QED) is 0.835. The van der Waals surface area contributed by atoms with Gasteiger partial charge in [0, 0.05) is 44.0 Å². The minimum atomic E-state index is 0.121. The smallest absolute Gasteiger partial charge is 0.255 e. The van der Waals surface area contributed by atoms with Crippen LogP contribution in [0, 0.1) is 5.41 Å². The van der Waals surface area contributed by atoms with Crippen LogP contribution in [-0.4, -0.2) is 54.0 Å². The minimum Gasteiger partial charge on any atom is -0.497 e. The van der Waals surface area contributed by atoms with Gasteiger partial charge in [0.1, 0.15) is 5.75 Å². The first-order valence-corrected chi connectivity index (χ1v) is 9.72. The highest BCUT2D eigenvalue weighted by atomic mass is 16.5. The van der Waals surface area contributed by atoms with Crippen molar-refractivity contribution in [2.24, 2.45) is 5.41 Å². The Kier molecular flexibility index (Phi) is 5.12. The fourth-order valence-electron chi connectivity index (χ4n) is 4.54. The Balaban J connectivity index is 1.39. The molecule has 142 valence electrons. The monoisotopic (exact) mass is 365 g/mol. The lowest BCUT2D eigenvalue weighted by Gasteiger charge is -2.40. The molecule has 2 fully saturated rings. The Morgan fingerprint density at radius 2 is 2.00 bits per heavy atom. The molecule has 5 nitrogen and oxygen atoms in total. The highest BCUT2D eigenvalue weighted by molar-refractivity contribution is 5.94. The summed E-state index contributed by atoms with van der Waals surface area (Å²) in [6.07, 6.45) is 6.85. The maximum atomic E-state index is 12.8. The first-order valence-electron chi connectivity index (χ1n) is 9.72. The molecule has 1 atom stereocenters. The molecular weight excluding hydrogens is 338 g/mol. The number of aromatic nitrogens is 1. The van der Waals surface area contributed by atoms with Crippen molar-refractivity contribution in [3.05, 3.63) is 59.9 Å². The maximum absolute atomic E-state index is 12.8. The number of piperidine rings is 1. The molecule has 2 aliphatic heterocycles. The van der Waals surface area contributed by atoms with E-state index >= 15 is 0 Å². The van der Waals surface area contributed by atoms with Crippen molar-refractivity contribution < 1.29 is 9.53 Å². The van der Waals surface area contributed by atoms with Crippen LogP contribution in [0.15, 0.2) is 48.8 Å². The predicted molar refractivity (Wildman–Crippen MR) is 105 cm³/mol. The highest BCUT2D eigenvalue weighted by Gasteiger charge is 2.42. The average Bonchev–Trinajstić information content (AvgIpc) is 3.10. The molecule has 27 heavy (non-hydrogen) atoms. The third-order valence-electron chi connectivity index (χ3n) is 5.94. The molecule has 4 rings (SSSR count). The largest absolute Gasteiger partial charge is 0.497 e. The molecule has 1 aromatic heterocycles. The fourth-order valence-corrected chi connectivity index (χ4v) is 4.54. The van der Waals surface area contributed by atoms with E-state index in [0.717, 1.165) is 44.9 Å². The van der Waals surface area contributed by atoms with Gasteiger partial charge in [-0.25, -0.2) is 0 Å². The Morgan fingerprint density at radius 1 is 1.15 bits per heavy atom. The van der Waals surface area contributed by atoms with Gasteiger partial charge in [0.2, 0.25) is 0 Å². The van der Waals surface area contributed by atoms with Gasteiger partial charge >= 0.3 is 0 Å². The number of carbonyl (C=O) groups is 1. The van der Waals surface area contributed by atoms with Crippen molar-refractivity contribution in [1.82, 2.24) is 14.8 Å². The molecule has 0 radical (unpaired) electrons. The molecule has 2 aromatic rings. The molecule has 2 aliphatic rings. The molecule has 2 saturated heterocycles. The lowest BCUT2D eigenvalue weighted by Crippen LogP contribution is -2.47. The summed E-state index contributed by atoms with van der Waals surface area (Å²) in [5.41, 5.74) is 2.25. The molecule has 1 amide bonds. The van der Waals surface area contributed by atoms with Crippen LogP contribution in [0.3, 0.4) is 0 Å². The number of likely N-dealkylation sites (tertiary alicyclic amines) is 2. The van der Waals surface area contributed by atoms with Crippen LogP contribution in [0.5, 0.6) is 5.75 Å². The lowest BCUT2D eigenvalue weighted by atomic mass is 9.79.